The predicted molar refractivity (Wildman–Crippen MR) is 55.5 cm³/mol. The van der Waals surface area contributed by atoms with Gasteiger partial charge in [0.2, 0.25) is 0 Å². The second-order valence-corrected chi connectivity index (χ2v) is 3.49. The molecule has 0 aromatic rings. The van der Waals surface area contributed by atoms with Crippen molar-refractivity contribution in [2.45, 2.75) is 40.2 Å². The van der Waals surface area contributed by atoms with Crippen LogP contribution in [0.4, 0.5) is 0 Å². The summed E-state index contributed by atoms with van der Waals surface area (Å²) in [4.78, 5) is 2.46. The van der Waals surface area contributed by atoms with Crippen LogP contribution in [0.3, 0.4) is 0 Å². The van der Waals surface area contributed by atoms with Crippen molar-refractivity contribution < 1.29 is 0 Å². The Bertz CT molecular complexity index is 87.8. The molecular formula is C10H24N2. The van der Waals surface area contributed by atoms with Gasteiger partial charge >= 0.3 is 0 Å². The molecule has 0 saturated carbocycles. The van der Waals surface area contributed by atoms with Crippen molar-refractivity contribution >= 4 is 0 Å². The van der Waals surface area contributed by atoms with Crippen LogP contribution in [0.1, 0.15) is 34.1 Å². The Morgan fingerprint density at radius 3 is 2.17 bits per heavy atom. The molecule has 74 valence electrons. The van der Waals surface area contributed by atoms with E-state index in [4.69, 9.17) is 0 Å². The second-order valence-electron chi connectivity index (χ2n) is 3.49. The molecule has 0 amide bonds. The molecule has 12 heavy (non-hydrogen) atoms. The Hall–Kier alpha value is -0.0800. The van der Waals surface area contributed by atoms with Crippen molar-refractivity contribution in [1.82, 2.24) is 10.2 Å². The van der Waals surface area contributed by atoms with E-state index in [2.05, 4.69) is 37.9 Å². The largest absolute Gasteiger partial charge is 0.314 e. The summed E-state index contributed by atoms with van der Waals surface area (Å²) in [7, 11) is 0. The molecule has 0 aromatic heterocycles. The smallest absolute Gasteiger partial charge is 0.00103 e. The topological polar surface area (TPSA) is 15.3 Å². The van der Waals surface area contributed by atoms with Crippen LogP contribution in [0.25, 0.3) is 0 Å². The number of hydrogen-bond donors (Lipinski definition) is 1. The highest BCUT2D eigenvalue weighted by Gasteiger charge is 1.97. The summed E-state index contributed by atoms with van der Waals surface area (Å²) in [6.07, 6.45) is 1.26. The van der Waals surface area contributed by atoms with E-state index in [1.165, 1.54) is 26.1 Å². The van der Waals surface area contributed by atoms with Crippen molar-refractivity contribution in [3.63, 3.8) is 0 Å². The number of rotatable bonds is 7. The monoisotopic (exact) mass is 172 g/mol. The SMILES string of the molecule is CCN(CC)CCCNC(C)C. The maximum atomic E-state index is 3.42. The van der Waals surface area contributed by atoms with Crippen LogP contribution in [-0.4, -0.2) is 37.1 Å². The summed E-state index contributed by atoms with van der Waals surface area (Å²) >= 11 is 0. The number of nitrogens with one attached hydrogen (secondary N) is 1. The Kier molecular flexibility index (Phi) is 7.51. The van der Waals surface area contributed by atoms with Gasteiger partial charge in [-0.1, -0.05) is 27.7 Å². The molecule has 0 heterocycles. The standard InChI is InChI=1S/C10H24N2/c1-5-12(6-2)9-7-8-11-10(3)4/h10-11H,5-9H2,1-4H3. The van der Waals surface area contributed by atoms with E-state index in [0.717, 1.165) is 6.54 Å². The minimum Gasteiger partial charge on any atom is -0.314 e. The van der Waals surface area contributed by atoms with Crippen LogP contribution in [0.15, 0.2) is 0 Å². The highest BCUT2D eigenvalue weighted by molar-refractivity contribution is 4.56. The van der Waals surface area contributed by atoms with Gasteiger partial charge < -0.3 is 10.2 Å². The van der Waals surface area contributed by atoms with Gasteiger partial charge in [-0.2, -0.15) is 0 Å². The van der Waals surface area contributed by atoms with Crippen LogP contribution in [-0.2, 0) is 0 Å². The number of nitrogens with zero attached hydrogens (tertiary/aromatic N) is 1. The van der Waals surface area contributed by atoms with Crippen LogP contribution in [0.5, 0.6) is 0 Å². The van der Waals surface area contributed by atoms with Crippen LogP contribution in [0.2, 0.25) is 0 Å². The van der Waals surface area contributed by atoms with E-state index in [-0.39, 0.29) is 0 Å². The molecule has 0 rings (SSSR count). The van der Waals surface area contributed by atoms with Crippen LogP contribution >= 0.6 is 0 Å². The molecule has 0 spiro atoms. The second kappa shape index (κ2) is 7.56. The van der Waals surface area contributed by atoms with E-state index in [9.17, 15) is 0 Å². The first-order valence-electron chi connectivity index (χ1n) is 5.16. The van der Waals surface area contributed by atoms with Crippen molar-refractivity contribution in [3.05, 3.63) is 0 Å². The maximum Gasteiger partial charge on any atom is 0.00103 e. The molecule has 0 bridgehead atoms. The van der Waals surface area contributed by atoms with Gasteiger partial charge in [0, 0.05) is 6.04 Å². The van der Waals surface area contributed by atoms with Gasteiger partial charge in [-0.3, -0.25) is 0 Å². The zero-order valence-corrected chi connectivity index (χ0v) is 9.06. The van der Waals surface area contributed by atoms with Crippen molar-refractivity contribution in [3.8, 4) is 0 Å². The molecule has 2 heteroatoms. The molecule has 0 aliphatic rings. The fourth-order valence-electron chi connectivity index (χ4n) is 1.23. The molecule has 1 N–H and O–H groups in total. The zero-order chi connectivity index (χ0) is 9.40. The van der Waals surface area contributed by atoms with E-state index < -0.39 is 0 Å². The lowest BCUT2D eigenvalue weighted by Crippen LogP contribution is -2.29. The molecule has 0 atom stereocenters. The first kappa shape index (κ1) is 11.9. The van der Waals surface area contributed by atoms with Gasteiger partial charge in [0.25, 0.3) is 0 Å². The normalized spacial score (nSPS) is 11.5. The van der Waals surface area contributed by atoms with Crippen molar-refractivity contribution in [2.24, 2.45) is 0 Å². The Morgan fingerprint density at radius 2 is 1.75 bits per heavy atom. The molecule has 0 saturated heterocycles. The molecule has 0 aliphatic carbocycles. The third-order valence-electron chi connectivity index (χ3n) is 2.10. The lowest BCUT2D eigenvalue weighted by molar-refractivity contribution is 0.296. The summed E-state index contributed by atoms with van der Waals surface area (Å²) in [5, 5.41) is 3.42. The van der Waals surface area contributed by atoms with Crippen molar-refractivity contribution in [1.29, 1.82) is 0 Å². The van der Waals surface area contributed by atoms with Crippen LogP contribution < -0.4 is 5.32 Å². The molecule has 0 aromatic carbocycles. The predicted octanol–water partition coefficient (Wildman–Crippen LogP) is 1.72. The highest BCUT2D eigenvalue weighted by Crippen LogP contribution is 1.89. The third-order valence-corrected chi connectivity index (χ3v) is 2.10. The van der Waals surface area contributed by atoms with Gasteiger partial charge in [-0.25, -0.2) is 0 Å². The molecule has 0 unspecified atom stereocenters. The summed E-state index contributed by atoms with van der Waals surface area (Å²) < 4.78 is 0. The molecule has 2 nitrogen and oxygen atoms in total. The Morgan fingerprint density at radius 1 is 1.17 bits per heavy atom. The van der Waals surface area contributed by atoms with E-state index in [0.29, 0.717) is 6.04 Å². The average Bonchev–Trinajstić information content (AvgIpc) is 2.04. The summed E-state index contributed by atoms with van der Waals surface area (Å²) in [6.45, 7) is 13.6. The number of hydrogen-bond acceptors (Lipinski definition) is 2. The lowest BCUT2D eigenvalue weighted by Gasteiger charge is -2.18. The Balaban J connectivity index is 3.17. The summed E-state index contributed by atoms with van der Waals surface area (Å²) in [5.41, 5.74) is 0. The van der Waals surface area contributed by atoms with Gasteiger partial charge in [0.05, 0.1) is 0 Å². The highest BCUT2D eigenvalue weighted by atomic mass is 15.1. The van der Waals surface area contributed by atoms with Crippen molar-refractivity contribution in [2.75, 3.05) is 26.2 Å². The quantitative estimate of drug-likeness (QED) is 0.588. The zero-order valence-electron chi connectivity index (χ0n) is 9.06. The van der Waals surface area contributed by atoms with Gasteiger partial charge in [0.1, 0.15) is 0 Å². The fourth-order valence-corrected chi connectivity index (χ4v) is 1.23. The summed E-state index contributed by atoms with van der Waals surface area (Å²) in [6, 6.07) is 0.627. The maximum absolute atomic E-state index is 3.42. The third kappa shape index (κ3) is 6.62. The lowest BCUT2D eigenvalue weighted by atomic mass is 10.3. The average molecular weight is 172 g/mol. The molecule has 0 radical (unpaired) electrons. The molecular weight excluding hydrogens is 148 g/mol. The minimum absolute atomic E-state index is 0.627. The molecule has 0 fully saturated rings. The van der Waals surface area contributed by atoms with Gasteiger partial charge in [-0.15, -0.1) is 0 Å². The Labute approximate surface area is 77.3 Å². The minimum atomic E-state index is 0.627. The van der Waals surface area contributed by atoms with E-state index in [1.807, 2.05) is 0 Å². The van der Waals surface area contributed by atoms with Gasteiger partial charge in [0.15, 0.2) is 0 Å². The molecule has 0 aliphatic heterocycles. The van der Waals surface area contributed by atoms with E-state index in [1.54, 1.807) is 0 Å². The van der Waals surface area contributed by atoms with E-state index >= 15 is 0 Å². The van der Waals surface area contributed by atoms with Crippen LogP contribution in [0, 0.1) is 0 Å². The first-order chi connectivity index (χ1) is 5.70. The van der Waals surface area contributed by atoms with Gasteiger partial charge in [-0.05, 0) is 32.6 Å². The fraction of sp³-hybridized carbons (Fsp3) is 1.00. The first-order valence-corrected chi connectivity index (χ1v) is 5.16. The summed E-state index contributed by atoms with van der Waals surface area (Å²) in [5.74, 6) is 0.